The van der Waals surface area contributed by atoms with E-state index in [1.807, 2.05) is 30.3 Å². The van der Waals surface area contributed by atoms with Gasteiger partial charge in [0.05, 0.1) is 18.7 Å². The van der Waals surface area contributed by atoms with Crippen molar-refractivity contribution in [3.63, 3.8) is 0 Å². The number of thioether (sulfide) groups is 1. The minimum atomic E-state index is -0.170. The van der Waals surface area contributed by atoms with E-state index < -0.39 is 0 Å². The van der Waals surface area contributed by atoms with Crippen LogP contribution in [0, 0.1) is 11.3 Å². The molecule has 150 valence electrons. The van der Waals surface area contributed by atoms with E-state index in [-0.39, 0.29) is 5.91 Å². The molecule has 0 saturated heterocycles. The number of hydrogen-bond acceptors (Lipinski definition) is 6. The average molecular weight is 410 g/mol. The Labute approximate surface area is 174 Å². The predicted octanol–water partition coefficient (Wildman–Crippen LogP) is 3.40. The molecule has 0 bridgehead atoms. The van der Waals surface area contributed by atoms with Crippen LogP contribution in [0.5, 0.6) is 17.2 Å². The van der Waals surface area contributed by atoms with Crippen molar-refractivity contribution < 1.29 is 19.0 Å². The van der Waals surface area contributed by atoms with Gasteiger partial charge >= 0.3 is 0 Å². The Bertz CT molecular complexity index is 920. The Kier molecular flexibility index (Phi) is 7.42. The molecule has 0 spiro atoms. The largest absolute Gasteiger partial charge is 0.493 e. The van der Waals surface area contributed by atoms with E-state index >= 15 is 0 Å². The lowest BCUT2D eigenvalue weighted by molar-refractivity contribution is -0.116. The molecule has 7 heteroatoms. The second-order valence-electron chi connectivity index (χ2n) is 6.19. The highest BCUT2D eigenvalue weighted by molar-refractivity contribution is 7.98. The summed E-state index contributed by atoms with van der Waals surface area (Å²) in [6, 6.07) is 13.4. The highest BCUT2D eigenvalue weighted by atomic mass is 32.2. The van der Waals surface area contributed by atoms with Crippen LogP contribution in [-0.4, -0.2) is 38.5 Å². The van der Waals surface area contributed by atoms with Crippen molar-refractivity contribution >= 4 is 23.7 Å². The van der Waals surface area contributed by atoms with Crippen LogP contribution in [0.1, 0.15) is 16.7 Å². The van der Waals surface area contributed by atoms with Gasteiger partial charge in [0.25, 0.3) is 0 Å². The van der Waals surface area contributed by atoms with E-state index in [0.717, 1.165) is 22.6 Å². The van der Waals surface area contributed by atoms with Crippen LogP contribution in [-0.2, 0) is 10.5 Å². The van der Waals surface area contributed by atoms with Crippen molar-refractivity contribution in [2.45, 2.75) is 5.75 Å². The van der Waals surface area contributed by atoms with Crippen LogP contribution in [0.25, 0.3) is 6.08 Å². The second kappa shape index (κ2) is 10.4. The minimum absolute atomic E-state index is 0.170. The molecule has 1 amide bonds. The maximum absolute atomic E-state index is 12.1. The molecule has 1 aliphatic heterocycles. The van der Waals surface area contributed by atoms with E-state index in [1.165, 1.54) is 6.08 Å². The summed E-state index contributed by atoms with van der Waals surface area (Å²) in [5.74, 6) is 3.12. The number of amides is 1. The van der Waals surface area contributed by atoms with Crippen LogP contribution in [0.2, 0.25) is 0 Å². The van der Waals surface area contributed by atoms with Gasteiger partial charge in [-0.3, -0.25) is 4.79 Å². The molecule has 0 aromatic heterocycles. The third kappa shape index (κ3) is 5.69. The highest BCUT2D eigenvalue weighted by Crippen LogP contribution is 2.40. The average Bonchev–Trinajstić information content (AvgIpc) is 2.77. The first-order valence-electron chi connectivity index (χ1n) is 9.20. The van der Waals surface area contributed by atoms with Crippen molar-refractivity contribution in [1.29, 1.82) is 5.26 Å². The Hall–Kier alpha value is -3.11. The lowest BCUT2D eigenvalue weighted by Crippen LogP contribution is -2.23. The third-order valence-electron chi connectivity index (χ3n) is 4.22. The number of fused-ring (bicyclic) bond motifs is 1. The standard InChI is InChI=1S/C22H22N2O4S/c1-26-19-12-16(13-20-22(19)28-10-9-27-20)6-7-21(25)24-8-11-29-15-18-5-3-2-4-17(18)14-23/h2-7,12-13H,8-11,15H2,1H3,(H,24,25)/b7-6+. The molecule has 0 radical (unpaired) electrons. The Morgan fingerprint density at radius 2 is 2.14 bits per heavy atom. The molecular weight excluding hydrogens is 388 g/mol. The van der Waals surface area contributed by atoms with Crippen LogP contribution in [0.15, 0.2) is 42.5 Å². The number of rotatable bonds is 8. The van der Waals surface area contributed by atoms with E-state index in [0.29, 0.717) is 42.6 Å². The number of carbonyl (C=O) groups excluding carboxylic acids is 1. The van der Waals surface area contributed by atoms with Gasteiger partial charge in [-0.05, 0) is 35.4 Å². The van der Waals surface area contributed by atoms with E-state index in [2.05, 4.69) is 11.4 Å². The summed E-state index contributed by atoms with van der Waals surface area (Å²) in [7, 11) is 1.57. The zero-order valence-electron chi connectivity index (χ0n) is 16.1. The minimum Gasteiger partial charge on any atom is -0.493 e. The van der Waals surface area contributed by atoms with Gasteiger partial charge in [-0.25, -0.2) is 0 Å². The van der Waals surface area contributed by atoms with Crippen molar-refractivity contribution in [3.8, 4) is 23.3 Å². The lowest BCUT2D eigenvalue weighted by atomic mass is 10.1. The molecule has 0 unspecified atom stereocenters. The summed E-state index contributed by atoms with van der Waals surface area (Å²) in [5.41, 5.74) is 2.50. The number of nitrogens with one attached hydrogen (secondary N) is 1. The molecule has 1 aliphatic rings. The van der Waals surface area contributed by atoms with E-state index in [9.17, 15) is 4.79 Å². The van der Waals surface area contributed by atoms with Crippen molar-refractivity contribution in [1.82, 2.24) is 5.32 Å². The molecule has 1 N–H and O–H groups in total. The zero-order chi connectivity index (χ0) is 20.5. The van der Waals surface area contributed by atoms with Gasteiger partial charge in [0.1, 0.15) is 13.2 Å². The van der Waals surface area contributed by atoms with E-state index in [1.54, 1.807) is 31.0 Å². The molecule has 6 nitrogen and oxygen atoms in total. The number of carbonyl (C=O) groups is 1. The molecule has 0 fully saturated rings. The lowest BCUT2D eigenvalue weighted by Gasteiger charge is -2.20. The number of methoxy groups -OCH3 is 1. The van der Waals surface area contributed by atoms with Gasteiger partial charge in [0.15, 0.2) is 11.5 Å². The first-order valence-corrected chi connectivity index (χ1v) is 10.4. The van der Waals surface area contributed by atoms with Crippen LogP contribution in [0.3, 0.4) is 0 Å². The summed E-state index contributed by atoms with van der Waals surface area (Å²) >= 11 is 1.68. The molecule has 0 atom stereocenters. The smallest absolute Gasteiger partial charge is 0.244 e. The van der Waals surface area contributed by atoms with Gasteiger partial charge in [-0.2, -0.15) is 17.0 Å². The van der Waals surface area contributed by atoms with Crippen molar-refractivity contribution in [3.05, 3.63) is 59.2 Å². The molecule has 0 aliphatic carbocycles. The number of hydrogen-bond donors (Lipinski definition) is 1. The topological polar surface area (TPSA) is 80.6 Å². The normalized spacial score (nSPS) is 12.4. The molecule has 2 aromatic rings. The fourth-order valence-electron chi connectivity index (χ4n) is 2.80. The van der Waals surface area contributed by atoms with Gasteiger partial charge in [-0.1, -0.05) is 18.2 Å². The summed E-state index contributed by atoms with van der Waals surface area (Å²) in [4.78, 5) is 12.1. The van der Waals surface area contributed by atoms with Gasteiger partial charge in [0, 0.05) is 24.1 Å². The predicted molar refractivity (Wildman–Crippen MR) is 113 cm³/mol. The van der Waals surface area contributed by atoms with Crippen LogP contribution >= 0.6 is 11.8 Å². The Balaban J connectivity index is 1.46. The van der Waals surface area contributed by atoms with Crippen molar-refractivity contribution in [2.75, 3.05) is 32.6 Å². The monoisotopic (exact) mass is 410 g/mol. The van der Waals surface area contributed by atoms with Crippen molar-refractivity contribution in [2.24, 2.45) is 0 Å². The summed E-state index contributed by atoms with van der Waals surface area (Å²) in [6.07, 6.45) is 3.20. The Morgan fingerprint density at radius 1 is 1.31 bits per heavy atom. The quantitative estimate of drug-likeness (QED) is 0.531. The number of benzene rings is 2. The van der Waals surface area contributed by atoms with Crippen LogP contribution in [0.4, 0.5) is 0 Å². The molecule has 29 heavy (non-hydrogen) atoms. The summed E-state index contributed by atoms with van der Waals surface area (Å²) < 4.78 is 16.5. The zero-order valence-corrected chi connectivity index (χ0v) is 17.0. The first-order chi connectivity index (χ1) is 14.2. The highest BCUT2D eigenvalue weighted by Gasteiger charge is 2.17. The first kappa shape index (κ1) is 20.6. The second-order valence-corrected chi connectivity index (χ2v) is 7.30. The maximum atomic E-state index is 12.1. The molecular formula is C22H22N2O4S. The fourth-order valence-corrected chi connectivity index (χ4v) is 3.67. The van der Waals surface area contributed by atoms with Gasteiger partial charge in [0.2, 0.25) is 11.7 Å². The number of ether oxygens (including phenoxy) is 3. The summed E-state index contributed by atoms with van der Waals surface area (Å²) in [5, 5.41) is 12.0. The van der Waals surface area contributed by atoms with Gasteiger partial charge < -0.3 is 19.5 Å². The molecule has 1 heterocycles. The molecule has 0 saturated carbocycles. The fraction of sp³-hybridized carbons (Fsp3) is 0.273. The molecule has 2 aromatic carbocycles. The SMILES string of the molecule is COc1cc(/C=C/C(=O)NCCSCc2ccccc2C#N)cc2c1OCCO2. The third-order valence-corrected chi connectivity index (χ3v) is 5.23. The maximum Gasteiger partial charge on any atom is 0.244 e. The van der Waals surface area contributed by atoms with Gasteiger partial charge in [-0.15, -0.1) is 0 Å². The number of nitrogens with zero attached hydrogens (tertiary/aromatic N) is 1. The Morgan fingerprint density at radius 3 is 2.97 bits per heavy atom. The van der Waals surface area contributed by atoms with Crippen LogP contribution < -0.4 is 19.5 Å². The molecule has 3 rings (SSSR count). The van der Waals surface area contributed by atoms with E-state index in [4.69, 9.17) is 19.5 Å². The summed E-state index contributed by atoms with van der Waals surface area (Å²) in [6.45, 7) is 1.52. The number of nitriles is 1.